The van der Waals surface area contributed by atoms with E-state index in [0.29, 0.717) is 32.4 Å². The van der Waals surface area contributed by atoms with Crippen molar-refractivity contribution in [1.82, 2.24) is 4.90 Å². The molecule has 1 aliphatic heterocycles. The van der Waals surface area contributed by atoms with E-state index in [1.165, 1.54) is 7.11 Å². The Balaban J connectivity index is 1.70. The van der Waals surface area contributed by atoms with Gasteiger partial charge in [-0.05, 0) is 36.1 Å². The van der Waals surface area contributed by atoms with Gasteiger partial charge in [0.2, 0.25) is 5.91 Å². The van der Waals surface area contributed by atoms with Gasteiger partial charge in [0.25, 0.3) is 0 Å². The number of hydrogen-bond acceptors (Lipinski definition) is 4. The smallest absolute Gasteiger partial charge is 0.316 e. The summed E-state index contributed by atoms with van der Waals surface area (Å²) in [5, 5.41) is 0. The molecule has 0 unspecified atom stereocenters. The van der Waals surface area contributed by atoms with Crippen molar-refractivity contribution >= 4 is 11.9 Å². The van der Waals surface area contributed by atoms with E-state index in [9.17, 15) is 9.59 Å². The lowest BCUT2D eigenvalue weighted by Gasteiger charge is -2.40. The Labute approximate surface area is 159 Å². The second kappa shape index (κ2) is 8.25. The molecule has 142 valence electrons. The molecule has 2 aromatic rings. The number of piperidine rings is 1. The molecular formula is C22H25NO4. The van der Waals surface area contributed by atoms with Crippen molar-refractivity contribution in [1.29, 1.82) is 0 Å². The van der Waals surface area contributed by atoms with Gasteiger partial charge in [0.15, 0.2) is 0 Å². The lowest BCUT2D eigenvalue weighted by atomic mass is 9.72. The van der Waals surface area contributed by atoms with Gasteiger partial charge in [-0.3, -0.25) is 9.59 Å². The van der Waals surface area contributed by atoms with Gasteiger partial charge < -0.3 is 14.4 Å². The molecular weight excluding hydrogens is 342 g/mol. The van der Waals surface area contributed by atoms with E-state index in [1.807, 2.05) is 59.5 Å². The molecule has 27 heavy (non-hydrogen) atoms. The van der Waals surface area contributed by atoms with E-state index < -0.39 is 5.41 Å². The molecule has 0 atom stereocenters. The molecule has 0 aromatic heterocycles. The monoisotopic (exact) mass is 367 g/mol. The van der Waals surface area contributed by atoms with Crippen LogP contribution in [0.3, 0.4) is 0 Å². The van der Waals surface area contributed by atoms with Gasteiger partial charge in [-0.15, -0.1) is 0 Å². The number of hydrogen-bond donors (Lipinski definition) is 0. The van der Waals surface area contributed by atoms with Crippen molar-refractivity contribution in [3.05, 3.63) is 65.7 Å². The molecule has 1 amide bonds. The molecule has 1 saturated heterocycles. The Hall–Kier alpha value is -2.82. The fourth-order valence-electron chi connectivity index (χ4n) is 3.77. The second-order valence-corrected chi connectivity index (χ2v) is 6.85. The predicted molar refractivity (Wildman–Crippen MR) is 103 cm³/mol. The van der Waals surface area contributed by atoms with Crippen LogP contribution in [-0.2, 0) is 26.2 Å². The summed E-state index contributed by atoms with van der Waals surface area (Å²) in [6.45, 7) is 1.07. The van der Waals surface area contributed by atoms with Crippen LogP contribution in [0.4, 0.5) is 0 Å². The normalized spacial score (nSPS) is 15.9. The molecule has 2 aromatic carbocycles. The topological polar surface area (TPSA) is 55.8 Å². The van der Waals surface area contributed by atoms with Crippen LogP contribution < -0.4 is 4.74 Å². The van der Waals surface area contributed by atoms with Crippen molar-refractivity contribution in [2.45, 2.75) is 24.7 Å². The summed E-state index contributed by atoms with van der Waals surface area (Å²) in [6.07, 6.45) is 1.45. The van der Waals surface area contributed by atoms with Gasteiger partial charge in [-0.25, -0.2) is 0 Å². The van der Waals surface area contributed by atoms with Gasteiger partial charge in [0.1, 0.15) is 5.75 Å². The molecule has 5 nitrogen and oxygen atoms in total. The maximum absolute atomic E-state index is 12.7. The first-order chi connectivity index (χ1) is 13.1. The minimum absolute atomic E-state index is 0.0646. The first kappa shape index (κ1) is 19.0. The third-order valence-electron chi connectivity index (χ3n) is 5.36. The predicted octanol–water partition coefficient (Wildman–Crippen LogP) is 2.97. The quantitative estimate of drug-likeness (QED) is 0.763. The van der Waals surface area contributed by atoms with Gasteiger partial charge >= 0.3 is 5.97 Å². The number of amides is 1. The molecule has 3 rings (SSSR count). The first-order valence-electron chi connectivity index (χ1n) is 9.14. The Morgan fingerprint density at radius 1 is 1.00 bits per heavy atom. The number of methoxy groups -OCH3 is 2. The zero-order valence-electron chi connectivity index (χ0n) is 15.8. The minimum Gasteiger partial charge on any atom is -0.497 e. The van der Waals surface area contributed by atoms with Crippen LogP contribution >= 0.6 is 0 Å². The number of benzene rings is 2. The van der Waals surface area contributed by atoms with Crippen LogP contribution in [0.15, 0.2) is 54.6 Å². The zero-order chi connectivity index (χ0) is 19.3. The Kier molecular flexibility index (Phi) is 5.79. The fourth-order valence-corrected chi connectivity index (χ4v) is 3.77. The van der Waals surface area contributed by atoms with E-state index >= 15 is 0 Å². The van der Waals surface area contributed by atoms with E-state index in [-0.39, 0.29) is 11.9 Å². The zero-order valence-corrected chi connectivity index (χ0v) is 15.8. The van der Waals surface area contributed by atoms with E-state index in [1.54, 1.807) is 7.11 Å². The first-order valence-corrected chi connectivity index (χ1v) is 9.14. The molecule has 1 aliphatic rings. The Morgan fingerprint density at radius 2 is 1.70 bits per heavy atom. The van der Waals surface area contributed by atoms with Crippen molar-refractivity contribution in [2.24, 2.45) is 0 Å². The van der Waals surface area contributed by atoms with Crippen LogP contribution in [0.25, 0.3) is 0 Å². The Morgan fingerprint density at radius 3 is 2.33 bits per heavy atom. The molecule has 1 heterocycles. The van der Waals surface area contributed by atoms with Crippen molar-refractivity contribution in [3.8, 4) is 5.75 Å². The van der Waals surface area contributed by atoms with E-state index in [0.717, 1.165) is 16.9 Å². The molecule has 0 radical (unpaired) electrons. The highest BCUT2D eigenvalue weighted by molar-refractivity contribution is 5.84. The highest BCUT2D eigenvalue weighted by atomic mass is 16.5. The van der Waals surface area contributed by atoms with Crippen LogP contribution in [0.1, 0.15) is 24.0 Å². The summed E-state index contributed by atoms with van der Waals surface area (Å²) in [4.78, 5) is 27.1. The van der Waals surface area contributed by atoms with E-state index in [4.69, 9.17) is 9.47 Å². The van der Waals surface area contributed by atoms with E-state index in [2.05, 4.69) is 0 Å². The third-order valence-corrected chi connectivity index (χ3v) is 5.36. The number of rotatable bonds is 5. The van der Waals surface area contributed by atoms with Crippen LogP contribution in [0.5, 0.6) is 5.75 Å². The van der Waals surface area contributed by atoms with Gasteiger partial charge in [0, 0.05) is 13.1 Å². The van der Waals surface area contributed by atoms with Crippen LogP contribution in [-0.4, -0.2) is 44.1 Å². The highest BCUT2D eigenvalue weighted by Crippen LogP contribution is 2.37. The lowest BCUT2D eigenvalue weighted by Crippen LogP contribution is -2.49. The number of nitrogens with zero attached hydrogens (tertiary/aromatic N) is 1. The molecule has 0 spiro atoms. The minimum atomic E-state index is -0.678. The maximum Gasteiger partial charge on any atom is 0.316 e. The third kappa shape index (κ3) is 3.97. The van der Waals surface area contributed by atoms with Crippen molar-refractivity contribution in [2.75, 3.05) is 27.3 Å². The average Bonchev–Trinajstić information content (AvgIpc) is 2.74. The van der Waals surface area contributed by atoms with Crippen LogP contribution in [0, 0.1) is 0 Å². The lowest BCUT2D eigenvalue weighted by molar-refractivity contribution is -0.151. The molecule has 0 aliphatic carbocycles. The number of carbonyl (C=O) groups excluding carboxylic acids is 2. The highest BCUT2D eigenvalue weighted by Gasteiger charge is 2.44. The number of likely N-dealkylation sites (tertiary alicyclic amines) is 1. The molecule has 1 fully saturated rings. The fraction of sp³-hybridized carbons (Fsp3) is 0.364. The summed E-state index contributed by atoms with van der Waals surface area (Å²) in [5.74, 6) is 0.580. The standard InChI is InChI=1S/C22H25NO4/c1-26-19-10-6-7-17(15-19)16-20(24)23-13-11-22(12-14-23,21(25)27-2)18-8-4-3-5-9-18/h3-10,15H,11-14,16H2,1-2H3. The summed E-state index contributed by atoms with van der Waals surface area (Å²) in [7, 11) is 3.04. The molecule has 0 bridgehead atoms. The average molecular weight is 367 g/mol. The summed E-state index contributed by atoms with van der Waals surface area (Å²) < 4.78 is 10.3. The van der Waals surface area contributed by atoms with Crippen molar-refractivity contribution in [3.63, 3.8) is 0 Å². The number of ether oxygens (including phenoxy) is 2. The summed E-state index contributed by atoms with van der Waals surface area (Å²) >= 11 is 0. The largest absolute Gasteiger partial charge is 0.497 e. The number of esters is 1. The molecule has 5 heteroatoms. The van der Waals surface area contributed by atoms with Gasteiger partial charge in [-0.1, -0.05) is 42.5 Å². The SMILES string of the molecule is COC(=O)C1(c2ccccc2)CCN(C(=O)Cc2cccc(OC)c2)CC1. The Bertz CT molecular complexity index is 795. The van der Waals surface area contributed by atoms with Crippen molar-refractivity contribution < 1.29 is 19.1 Å². The van der Waals surface area contributed by atoms with Gasteiger partial charge in [0.05, 0.1) is 26.1 Å². The summed E-state index contributed by atoms with van der Waals surface area (Å²) in [5.41, 5.74) is 1.20. The van der Waals surface area contributed by atoms with Crippen LogP contribution in [0.2, 0.25) is 0 Å². The molecule has 0 saturated carbocycles. The number of carbonyl (C=O) groups is 2. The second-order valence-electron chi connectivity index (χ2n) is 6.85. The molecule has 0 N–H and O–H groups in total. The maximum atomic E-state index is 12.7. The van der Waals surface area contributed by atoms with Gasteiger partial charge in [-0.2, -0.15) is 0 Å². The summed E-state index contributed by atoms with van der Waals surface area (Å²) in [6, 6.07) is 17.3.